The van der Waals surface area contributed by atoms with Crippen LogP contribution in [0.5, 0.6) is 0 Å². The third-order valence-corrected chi connectivity index (χ3v) is 5.34. The van der Waals surface area contributed by atoms with E-state index in [1.165, 1.54) is 0 Å². The Bertz CT molecular complexity index is 1040. The SMILES string of the molecule is O=C(NCCNc1nc(C2CC2)nc2c1cnn2-c1cccc(Cl)c1)C1CC1. The highest BCUT2D eigenvalue weighted by atomic mass is 35.5. The lowest BCUT2D eigenvalue weighted by atomic mass is 10.3. The van der Waals surface area contributed by atoms with Crippen LogP contribution in [0.25, 0.3) is 16.7 Å². The molecule has 1 aromatic carbocycles. The second-order valence-corrected chi connectivity index (χ2v) is 7.91. The van der Waals surface area contributed by atoms with E-state index in [0.29, 0.717) is 24.0 Å². The van der Waals surface area contributed by atoms with E-state index in [-0.39, 0.29) is 11.8 Å². The number of rotatable bonds is 7. The van der Waals surface area contributed by atoms with Gasteiger partial charge in [0.1, 0.15) is 11.6 Å². The molecule has 144 valence electrons. The second-order valence-electron chi connectivity index (χ2n) is 7.47. The molecule has 2 aliphatic carbocycles. The van der Waals surface area contributed by atoms with Crippen molar-refractivity contribution in [3.8, 4) is 5.69 Å². The molecule has 2 aliphatic rings. The fourth-order valence-corrected chi connectivity index (χ4v) is 3.42. The normalized spacial score (nSPS) is 16.3. The van der Waals surface area contributed by atoms with Crippen LogP contribution in [-0.2, 0) is 4.79 Å². The molecule has 0 aliphatic heterocycles. The molecule has 7 nitrogen and oxygen atoms in total. The van der Waals surface area contributed by atoms with Crippen LogP contribution in [0.4, 0.5) is 5.82 Å². The number of carbonyl (C=O) groups excluding carboxylic acids is 1. The number of amides is 1. The van der Waals surface area contributed by atoms with Gasteiger partial charge in [0.15, 0.2) is 5.65 Å². The van der Waals surface area contributed by atoms with Gasteiger partial charge in [0, 0.05) is 29.9 Å². The number of hydrogen-bond acceptors (Lipinski definition) is 5. The van der Waals surface area contributed by atoms with Gasteiger partial charge in [-0.2, -0.15) is 5.10 Å². The van der Waals surface area contributed by atoms with Crippen molar-refractivity contribution in [2.75, 3.05) is 18.4 Å². The van der Waals surface area contributed by atoms with Gasteiger partial charge in [0.25, 0.3) is 0 Å². The fraction of sp³-hybridized carbons (Fsp3) is 0.400. The number of halogens is 1. The molecular formula is C20H21ClN6O. The number of aromatic nitrogens is 4. The highest BCUT2D eigenvalue weighted by molar-refractivity contribution is 6.30. The molecule has 0 unspecified atom stereocenters. The van der Waals surface area contributed by atoms with Crippen LogP contribution in [0.3, 0.4) is 0 Å². The Hall–Kier alpha value is -2.67. The lowest BCUT2D eigenvalue weighted by molar-refractivity contribution is -0.122. The summed E-state index contributed by atoms with van der Waals surface area (Å²) in [6.07, 6.45) is 6.04. The predicted molar refractivity (Wildman–Crippen MR) is 108 cm³/mol. The van der Waals surface area contributed by atoms with Gasteiger partial charge in [-0.25, -0.2) is 14.6 Å². The van der Waals surface area contributed by atoms with Crippen molar-refractivity contribution >= 4 is 34.4 Å². The number of nitrogens with one attached hydrogen (secondary N) is 2. The number of anilines is 1. The molecule has 1 amide bonds. The summed E-state index contributed by atoms with van der Waals surface area (Å²) in [5.41, 5.74) is 1.63. The van der Waals surface area contributed by atoms with E-state index in [0.717, 1.165) is 54.0 Å². The van der Waals surface area contributed by atoms with Crippen LogP contribution in [0.2, 0.25) is 5.02 Å². The Balaban J connectivity index is 1.42. The predicted octanol–water partition coefficient (Wildman–Crippen LogP) is 3.28. The summed E-state index contributed by atoms with van der Waals surface area (Å²) in [5, 5.41) is 12.4. The van der Waals surface area contributed by atoms with Crippen LogP contribution in [0.15, 0.2) is 30.5 Å². The maximum Gasteiger partial charge on any atom is 0.223 e. The second kappa shape index (κ2) is 7.05. The van der Waals surface area contributed by atoms with Gasteiger partial charge in [0.2, 0.25) is 5.91 Å². The number of fused-ring (bicyclic) bond motifs is 1. The monoisotopic (exact) mass is 396 g/mol. The highest BCUT2D eigenvalue weighted by Crippen LogP contribution is 2.39. The lowest BCUT2D eigenvalue weighted by Crippen LogP contribution is -2.30. The fourth-order valence-electron chi connectivity index (χ4n) is 3.24. The average Bonchev–Trinajstić information content (AvgIpc) is 3.60. The molecule has 2 N–H and O–H groups in total. The Labute approximate surface area is 167 Å². The van der Waals surface area contributed by atoms with Crippen LogP contribution >= 0.6 is 11.6 Å². The molecule has 5 rings (SSSR count). The van der Waals surface area contributed by atoms with E-state index >= 15 is 0 Å². The molecule has 0 bridgehead atoms. The van der Waals surface area contributed by atoms with Gasteiger partial charge in [-0.1, -0.05) is 17.7 Å². The minimum Gasteiger partial charge on any atom is -0.368 e. The van der Waals surface area contributed by atoms with E-state index in [9.17, 15) is 4.79 Å². The van der Waals surface area contributed by atoms with Gasteiger partial charge in [0.05, 0.1) is 17.3 Å². The zero-order valence-electron chi connectivity index (χ0n) is 15.4. The minimum atomic E-state index is 0.155. The molecule has 8 heteroatoms. The van der Waals surface area contributed by atoms with E-state index in [2.05, 4.69) is 15.7 Å². The van der Waals surface area contributed by atoms with Crippen LogP contribution in [-0.4, -0.2) is 38.7 Å². The molecule has 2 heterocycles. The molecule has 2 saturated carbocycles. The minimum absolute atomic E-state index is 0.155. The van der Waals surface area contributed by atoms with Crippen LogP contribution < -0.4 is 10.6 Å². The first-order valence-electron chi connectivity index (χ1n) is 9.72. The number of hydrogen-bond donors (Lipinski definition) is 2. The summed E-state index contributed by atoms with van der Waals surface area (Å²) in [6, 6.07) is 7.56. The van der Waals surface area contributed by atoms with Gasteiger partial charge < -0.3 is 10.6 Å². The summed E-state index contributed by atoms with van der Waals surface area (Å²) in [5.74, 6) is 2.41. The quantitative estimate of drug-likeness (QED) is 0.598. The van der Waals surface area contributed by atoms with Crippen molar-refractivity contribution in [1.29, 1.82) is 0 Å². The summed E-state index contributed by atoms with van der Waals surface area (Å²) in [4.78, 5) is 21.3. The Morgan fingerprint density at radius 1 is 1.18 bits per heavy atom. The third kappa shape index (κ3) is 3.54. The van der Waals surface area contributed by atoms with Gasteiger partial charge in [-0.3, -0.25) is 4.79 Å². The third-order valence-electron chi connectivity index (χ3n) is 5.11. The van der Waals surface area contributed by atoms with Crippen molar-refractivity contribution in [1.82, 2.24) is 25.1 Å². The van der Waals surface area contributed by atoms with Gasteiger partial charge >= 0.3 is 0 Å². The average molecular weight is 397 g/mol. The molecule has 0 saturated heterocycles. The number of carbonyl (C=O) groups is 1. The van der Waals surface area contributed by atoms with Crippen molar-refractivity contribution in [3.05, 3.63) is 41.3 Å². The van der Waals surface area contributed by atoms with E-state index in [1.807, 2.05) is 24.3 Å². The number of benzene rings is 1. The van der Waals surface area contributed by atoms with Crippen molar-refractivity contribution in [2.24, 2.45) is 5.92 Å². The van der Waals surface area contributed by atoms with Crippen molar-refractivity contribution in [2.45, 2.75) is 31.6 Å². The largest absolute Gasteiger partial charge is 0.368 e. The Kier molecular flexibility index (Phi) is 4.39. The van der Waals surface area contributed by atoms with Crippen LogP contribution in [0, 0.1) is 5.92 Å². The highest BCUT2D eigenvalue weighted by Gasteiger charge is 2.30. The first-order chi connectivity index (χ1) is 13.7. The van der Waals surface area contributed by atoms with E-state index in [4.69, 9.17) is 21.6 Å². The molecular weight excluding hydrogens is 376 g/mol. The summed E-state index contributed by atoms with van der Waals surface area (Å²) >= 11 is 6.15. The van der Waals surface area contributed by atoms with E-state index < -0.39 is 0 Å². The van der Waals surface area contributed by atoms with Crippen molar-refractivity contribution < 1.29 is 4.79 Å². The van der Waals surface area contributed by atoms with Gasteiger partial charge in [-0.05, 0) is 43.9 Å². The lowest BCUT2D eigenvalue weighted by Gasteiger charge is -2.10. The number of nitrogens with zero attached hydrogens (tertiary/aromatic N) is 4. The molecule has 0 atom stereocenters. The maximum atomic E-state index is 11.8. The standard InChI is InChI=1S/C20H21ClN6O/c21-14-2-1-3-15(10-14)27-19-16(11-24-27)18(25-17(26-19)12-4-5-12)22-8-9-23-20(28)13-6-7-13/h1-3,10-13H,4-9H2,(H,23,28)(H,22,25,26). The molecule has 2 aromatic heterocycles. The molecule has 2 fully saturated rings. The van der Waals surface area contributed by atoms with E-state index in [1.54, 1.807) is 10.9 Å². The smallest absolute Gasteiger partial charge is 0.223 e. The molecule has 0 radical (unpaired) electrons. The van der Waals surface area contributed by atoms with Crippen molar-refractivity contribution in [3.63, 3.8) is 0 Å². The summed E-state index contributed by atoms with van der Waals surface area (Å²) in [6.45, 7) is 1.18. The molecule has 0 spiro atoms. The Morgan fingerprint density at radius 2 is 2.04 bits per heavy atom. The first kappa shape index (κ1) is 17.4. The van der Waals surface area contributed by atoms with Gasteiger partial charge in [-0.15, -0.1) is 0 Å². The summed E-state index contributed by atoms with van der Waals surface area (Å²) in [7, 11) is 0. The Morgan fingerprint density at radius 3 is 2.79 bits per heavy atom. The van der Waals surface area contributed by atoms with Crippen LogP contribution in [0.1, 0.15) is 37.4 Å². The molecule has 3 aromatic rings. The summed E-state index contributed by atoms with van der Waals surface area (Å²) < 4.78 is 1.80. The molecule has 28 heavy (non-hydrogen) atoms. The topological polar surface area (TPSA) is 84.7 Å². The zero-order chi connectivity index (χ0) is 19.1. The first-order valence-corrected chi connectivity index (χ1v) is 10.1. The maximum absolute atomic E-state index is 11.8. The zero-order valence-corrected chi connectivity index (χ0v) is 16.1.